The number of aromatic nitrogens is 1. The maximum Gasteiger partial charge on any atom is 0.296 e. The summed E-state index contributed by atoms with van der Waals surface area (Å²) in [4.78, 5) is 3.54. The maximum absolute atomic E-state index is 13.0. The first-order valence-corrected chi connectivity index (χ1v) is 12.5. The van der Waals surface area contributed by atoms with Gasteiger partial charge in [0, 0.05) is 11.6 Å². The number of para-hydroxylation sites is 1. The third kappa shape index (κ3) is 4.27. The Morgan fingerprint density at radius 3 is 2.23 bits per heavy atom. The summed E-state index contributed by atoms with van der Waals surface area (Å²) in [5.74, 6) is 0. The monoisotopic (exact) mass is 455 g/mol. The standard InChI is InChI=1S/C23H21NO5S2/c1-17-10-12-20(13-11-17)31(27,28)29-15-14-18-6-5-9-21-22(16-24-23(18)21)30(25,26)19-7-3-2-4-8-19/h2-13,16,24H,14-15H2,1H3. The van der Waals surface area contributed by atoms with Gasteiger partial charge in [0.05, 0.1) is 26.8 Å². The summed E-state index contributed by atoms with van der Waals surface area (Å²) in [6.07, 6.45) is 1.77. The van der Waals surface area contributed by atoms with Gasteiger partial charge in [0.15, 0.2) is 0 Å². The number of rotatable bonds is 7. The summed E-state index contributed by atoms with van der Waals surface area (Å²) in [5.41, 5.74) is 2.37. The number of H-pyrrole nitrogens is 1. The molecular formula is C23H21NO5S2. The first-order valence-electron chi connectivity index (χ1n) is 9.64. The molecule has 0 bridgehead atoms. The highest BCUT2D eigenvalue weighted by Gasteiger charge is 2.22. The van der Waals surface area contributed by atoms with Crippen molar-refractivity contribution in [3.63, 3.8) is 0 Å². The van der Waals surface area contributed by atoms with Crippen LogP contribution in [0, 0.1) is 6.92 Å². The van der Waals surface area contributed by atoms with Gasteiger partial charge in [-0.3, -0.25) is 4.18 Å². The van der Waals surface area contributed by atoms with Crippen LogP contribution in [0.3, 0.4) is 0 Å². The Hall–Kier alpha value is -2.94. The molecule has 0 saturated heterocycles. The van der Waals surface area contributed by atoms with Crippen molar-refractivity contribution in [3.05, 3.63) is 90.1 Å². The van der Waals surface area contributed by atoms with Crippen LogP contribution < -0.4 is 0 Å². The molecule has 0 aliphatic heterocycles. The van der Waals surface area contributed by atoms with Crippen molar-refractivity contribution in [3.8, 4) is 0 Å². The van der Waals surface area contributed by atoms with Crippen molar-refractivity contribution in [2.75, 3.05) is 6.61 Å². The first kappa shape index (κ1) is 21.3. The fourth-order valence-corrected chi connectivity index (χ4v) is 5.73. The molecule has 0 aliphatic carbocycles. The quantitative estimate of drug-likeness (QED) is 0.420. The molecule has 160 valence electrons. The van der Waals surface area contributed by atoms with Crippen LogP contribution in [0.5, 0.6) is 0 Å². The Kier molecular flexibility index (Phi) is 5.70. The lowest BCUT2D eigenvalue weighted by atomic mass is 10.1. The normalized spacial score (nSPS) is 12.3. The fraction of sp³-hybridized carbons (Fsp3) is 0.130. The molecule has 3 aromatic carbocycles. The number of fused-ring (bicyclic) bond motifs is 1. The number of nitrogens with one attached hydrogen (secondary N) is 1. The lowest BCUT2D eigenvalue weighted by Crippen LogP contribution is -2.09. The van der Waals surface area contributed by atoms with E-state index in [1.807, 2.05) is 13.0 Å². The average molecular weight is 456 g/mol. The van der Waals surface area contributed by atoms with E-state index in [1.54, 1.807) is 54.6 Å². The SMILES string of the molecule is Cc1ccc(S(=O)(=O)OCCc2cccc3c(S(=O)(=O)c4ccccc4)c[nH]c23)cc1. The number of hydrogen-bond acceptors (Lipinski definition) is 5. The summed E-state index contributed by atoms with van der Waals surface area (Å²) in [7, 11) is -7.54. The first-order chi connectivity index (χ1) is 14.8. The fourth-order valence-electron chi connectivity index (χ4n) is 3.38. The minimum Gasteiger partial charge on any atom is -0.360 e. The Morgan fingerprint density at radius 1 is 0.806 bits per heavy atom. The van der Waals surface area contributed by atoms with Gasteiger partial charge in [0.2, 0.25) is 9.84 Å². The van der Waals surface area contributed by atoms with Gasteiger partial charge in [-0.05, 0) is 43.2 Å². The van der Waals surface area contributed by atoms with E-state index < -0.39 is 20.0 Å². The van der Waals surface area contributed by atoms with Gasteiger partial charge < -0.3 is 4.98 Å². The minimum atomic E-state index is -3.86. The zero-order valence-electron chi connectivity index (χ0n) is 16.8. The van der Waals surface area contributed by atoms with E-state index in [0.29, 0.717) is 17.3 Å². The maximum atomic E-state index is 13.0. The van der Waals surface area contributed by atoms with Crippen LogP contribution in [0.1, 0.15) is 11.1 Å². The van der Waals surface area contributed by atoms with E-state index in [1.165, 1.54) is 18.3 Å². The predicted molar refractivity (Wildman–Crippen MR) is 118 cm³/mol. The molecule has 0 radical (unpaired) electrons. The lowest BCUT2D eigenvalue weighted by Gasteiger charge is -2.07. The Morgan fingerprint density at radius 2 is 1.52 bits per heavy atom. The van der Waals surface area contributed by atoms with Gasteiger partial charge in [-0.1, -0.05) is 54.1 Å². The van der Waals surface area contributed by atoms with E-state index in [4.69, 9.17) is 4.18 Å². The van der Waals surface area contributed by atoms with Gasteiger partial charge in [-0.2, -0.15) is 8.42 Å². The van der Waals surface area contributed by atoms with Crippen molar-refractivity contribution in [2.45, 2.75) is 28.0 Å². The molecular weight excluding hydrogens is 434 g/mol. The second-order valence-corrected chi connectivity index (χ2v) is 10.7. The van der Waals surface area contributed by atoms with Crippen LogP contribution in [-0.4, -0.2) is 28.4 Å². The molecule has 1 aromatic heterocycles. The predicted octanol–water partition coefficient (Wildman–Crippen LogP) is 4.26. The molecule has 0 fully saturated rings. The number of hydrogen-bond donors (Lipinski definition) is 1. The lowest BCUT2D eigenvalue weighted by molar-refractivity contribution is 0.322. The topological polar surface area (TPSA) is 93.3 Å². The van der Waals surface area contributed by atoms with E-state index in [2.05, 4.69) is 4.98 Å². The summed E-state index contributed by atoms with van der Waals surface area (Å²) in [6, 6.07) is 20.0. The highest BCUT2D eigenvalue weighted by Crippen LogP contribution is 2.30. The molecule has 0 amide bonds. The van der Waals surface area contributed by atoms with Crippen LogP contribution in [0.2, 0.25) is 0 Å². The van der Waals surface area contributed by atoms with Crippen molar-refractivity contribution >= 4 is 30.9 Å². The van der Waals surface area contributed by atoms with Gasteiger partial charge in [-0.25, -0.2) is 8.42 Å². The second-order valence-electron chi connectivity index (χ2n) is 7.15. The molecule has 0 saturated carbocycles. The van der Waals surface area contributed by atoms with Crippen LogP contribution in [0.15, 0.2) is 93.7 Å². The zero-order chi connectivity index (χ0) is 22.1. The Labute approximate surface area is 181 Å². The van der Waals surface area contributed by atoms with Gasteiger partial charge in [0.1, 0.15) is 0 Å². The van der Waals surface area contributed by atoms with Crippen molar-refractivity contribution in [1.29, 1.82) is 0 Å². The van der Waals surface area contributed by atoms with Crippen molar-refractivity contribution in [2.24, 2.45) is 0 Å². The summed E-state index contributed by atoms with van der Waals surface area (Å²) < 4.78 is 56.0. The van der Waals surface area contributed by atoms with Gasteiger partial charge in [-0.15, -0.1) is 0 Å². The smallest absolute Gasteiger partial charge is 0.296 e. The van der Waals surface area contributed by atoms with Crippen molar-refractivity contribution in [1.82, 2.24) is 4.98 Å². The van der Waals surface area contributed by atoms with Gasteiger partial charge in [0.25, 0.3) is 10.1 Å². The molecule has 1 heterocycles. The van der Waals surface area contributed by atoms with Crippen LogP contribution in [0.25, 0.3) is 10.9 Å². The molecule has 0 aliphatic rings. The molecule has 8 heteroatoms. The second kappa shape index (κ2) is 8.30. The molecule has 0 spiro atoms. The molecule has 0 unspecified atom stereocenters. The number of benzene rings is 3. The Balaban J connectivity index is 1.57. The number of sulfone groups is 1. The third-order valence-electron chi connectivity index (χ3n) is 5.03. The van der Waals surface area contributed by atoms with Crippen LogP contribution >= 0.6 is 0 Å². The summed E-state index contributed by atoms with van der Waals surface area (Å²) in [6.45, 7) is 1.82. The zero-order valence-corrected chi connectivity index (χ0v) is 18.4. The third-order valence-corrected chi connectivity index (χ3v) is 8.16. The molecule has 1 N–H and O–H groups in total. The van der Waals surface area contributed by atoms with E-state index in [9.17, 15) is 16.8 Å². The molecule has 0 atom stereocenters. The highest BCUT2D eigenvalue weighted by molar-refractivity contribution is 7.91. The number of aromatic amines is 1. The molecule has 6 nitrogen and oxygen atoms in total. The summed E-state index contributed by atoms with van der Waals surface area (Å²) in [5, 5.41) is 0.558. The average Bonchev–Trinajstić information content (AvgIpc) is 3.20. The largest absolute Gasteiger partial charge is 0.360 e. The minimum absolute atomic E-state index is 0.0604. The van der Waals surface area contributed by atoms with E-state index >= 15 is 0 Å². The molecule has 4 rings (SSSR count). The van der Waals surface area contributed by atoms with Crippen molar-refractivity contribution < 1.29 is 21.0 Å². The van der Waals surface area contributed by atoms with Crippen LogP contribution in [-0.2, 0) is 30.6 Å². The molecule has 31 heavy (non-hydrogen) atoms. The van der Waals surface area contributed by atoms with E-state index in [-0.39, 0.29) is 21.3 Å². The number of aryl methyl sites for hydroxylation is 1. The van der Waals surface area contributed by atoms with Gasteiger partial charge >= 0.3 is 0 Å². The van der Waals surface area contributed by atoms with Crippen LogP contribution in [0.4, 0.5) is 0 Å². The summed E-state index contributed by atoms with van der Waals surface area (Å²) >= 11 is 0. The Bertz CT molecular complexity index is 1420. The van der Waals surface area contributed by atoms with E-state index in [0.717, 1.165) is 11.1 Å². The molecule has 4 aromatic rings. The highest BCUT2D eigenvalue weighted by atomic mass is 32.2.